The molecule has 0 amide bonds. The van der Waals surface area contributed by atoms with E-state index in [4.69, 9.17) is 10.5 Å². The van der Waals surface area contributed by atoms with Crippen molar-refractivity contribution in [1.29, 1.82) is 0 Å². The van der Waals surface area contributed by atoms with Gasteiger partial charge in [0.25, 0.3) is 0 Å². The Morgan fingerprint density at radius 1 is 1.47 bits per heavy atom. The number of aromatic nitrogens is 2. The zero-order valence-electron chi connectivity index (χ0n) is 10.5. The quantitative estimate of drug-likeness (QED) is 0.887. The van der Waals surface area contributed by atoms with Crippen LogP contribution in [0.15, 0.2) is 18.2 Å². The number of nitrogen functional groups attached to an aromatic ring is 1. The van der Waals surface area contributed by atoms with Crippen LogP contribution in [0.4, 0.5) is 5.95 Å². The number of benzene rings is 1. The predicted molar refractivity (Wildman–Crippen MR) is 73.0 cm³/mol. The van der Waals surface area contributed by atoms with Gasteiger partial charge in [0.2, 0.25) is 5.95 Å². The van der Waals surface area contributed by atoms with E-state index in [0.29, 0.717) is 18.1 Å². The van der Waals surface area contributed by atoms with Gasteiger partial charge in [-0.2, -0.15) is 0 Å². The molecular weight excluding hydrogens is 266 g/mol. The van der Waals surface area contributed by atoms with Crippen LogP contribution in [0, 0.1) is 0 Å². The average molecular weight is 281 g/mol. The average Bonchev–Trinajstić information content (AvgIpc) is 2.87. The Morgan fingerprint density at radius 3 is 2.89 bits per heavy atom. The van der Waals surface area contributed by atoms with Gasteiger partial charge in [0.15, 0.2) is 9.84 Å². The van der Waals surface area contributed by atoms with E-state index < -0.39 is 9.84 Å². The van der Waals surface area contributed by atoms with Crippen LogP contribution < -0.4 is 10.5 Å². The first-order valence-electron chi connectivity index (χ1n) is 6.02. The summed E-state index contributed by atoms with van der Waals surface area (Å²) in [7, 11) is -1.37. The number of nitrogens with zero attached hydrogens (tertiary/aromatic N) is 2. The van der Waals surface area contributed by atoms with E-state index in [1.54, 1.807) is 7.11 Å². The fourth-order valence-electron chi connectivity index (χ4n) is 2.58. The van der Waals surface area contributed by atoms with Gasteiger partial charge < -0.3 is 15.0 Å². The molecule has 0 saturated carbocycles. The molecular formula is C12H15N3O3S. The maximum atomic E-state index is 11.6. The maximum absolute atomic E-state index is 11.6. The monoisotopic (exact) mass is 281 g/mol. The summed E-state index contributed by atoms with van der Waals surface area (Å²) in [5.41, 5.74) is 7.50. The molecule has 0 aliphatic carbocycles. The van der Waals surface area contributed by atoms with Crippen molar-refractivity contribution in [3.8, 4) is 5.75 Å². The number of fused-ring (bicyclic) bond motifs is 1. The van der Waals surface area contributed by atoms with Crippen molar-refractivity contribution in [2.45, 2.75) is 12.5 Å². The molecule has 1 aliphatic rings. The number of anilines is 1. The van der Waals surface area contributed by atoms with Gasteiger partial charge in [-0.25, -0.2) is 13.4 Å². The fraction of sp³-hybridized carbons (Fsp3) is 0.417. The molecule has 1 unspecified atom stereocenters. The molecule has 0 spiro atoms. The predicted octanol–water partition coefficient (Wildman–Crippen LogP) is 0.987. The second-order valence-corrected chi connectivity index (χ2v) is 6.98. The number of imidazole rings is 1. The highest BCUT2D eigenvalue weighted by molar-refractivity contribution is 7.91. The van der Waals surface area contributed by atoms with Crippen molar-refractivity contribution in [3.05, 3.63) is 18.2 Å². The molecule has 1 aromatic heterocycles. The molecule has 3 rings (SSSR count). The molecule has 1 atom stereocenters. The van der Waals surface area contributed by atoms with Crippen LogP contribution in [0.25, 0.3) is 11.0 Å². The lowest BCUT2D eigenvalue weighted by Gasteiger charge is -2.13. The maximum Gasteiger partial charge on any atom is 0.201 e. The standard InChI is InChI=1S/C12H15N3O3S/c1-18-9-2-3-10-11(6-9)15(12(13)14-10)8-4-5-19(16,17)7-8/h2-3,6,8H,4-5,7H2,1H3,(H2,13,14). The van der Waals surface area contributed by atoms with E-state index in [2.05, 4.69) is 4.98 Å². The molecule has 6 nitrogen and oxygen atoms in total. The van der Waals surface area contributed by atoms with E-state index in [1.165, 1.54) is 0 Å². The summed E-state index contributed by atoms with van der Waals surface area (Å²) < 4.78 is 30.2. The Balaban J connectivity index is 2.14. The van der Waals surface area contributed by atoms with Crippen molar-refractivity contribution in [3.63, 3.8) is 0 Å². The Labute approximate surface area is 111 Å². The Hall–Kier alpha value is -1.76. The highest BCUT2D eigenvalue weighted by Crippen LogP contribution is 2.31. The van der Waals surface area contributed by atoms with Gasteiger partial charge in [-0.1, -0.05) is 0 Å². The second-order valence-electron chi connectivity index (χ2n) is 4.75. The van der Waals surface area contributed by atoms with Gasteiger partial charge in [0.05, 0.1) is 35.7 Å². The van der Waals surface area contributed by atoms with Crippen molar-refractivity contribution < 1.29 is 13.2 Å². The number of rotatable bonds is 2. The first kappa shape index (κ1) is 12.3. The van der Waals surface area contributed by atoms with Gasteiger partial charge in [-0.05, 0) is 18.6 Å². The smallest absolute Gasteiger partial charge is 0.201 e. The topological polar surface area (TPSA) is 87.2 Å². The normalized spacial score (nSPS) is 21.8. The lowest BCUT2D eigenvalue weighted by Crippen LogP contribution is -2.13. The van der Waals surface area contributed by atoms with Crippen LogP contribution in [0.2, 0.25) is 0 Å². The van der Waals surface area contributed by atoms with Crippen molar-refractivity contribution in [2.24, 2.45) is 0 Å². The molecule has 19 heavy (non-hydrogen) atoms. The number of hydrogen-bond acceptors (Lipinski definition) is 5. The molecule has 2 N–H and O–H groups in total. The molecule has 1 saturated heterocycles. The molecule has 2 heterocycles. The SMILES string of the molecule is COc1ccc2nc(N)n(C3CCS(=O)(=O)C3)c2c1. The third-order valence-corrected chi connectivity index (χ3v) is 5.25. The lowest BCUT2D eigenvalue weighted by molar-refractivity contribution is 0.415. The number of methoxy groups -OCH3 is 1. The first-order chi connectivity index (χ1) is 9.00. The minimum Gasteiger partial charge on any atom is -0.497 e. The number of nitrogens with two attached hydrogens (primary N) is 1. The minimum absolute atomic E-state index is 0.125. The summed E-state index contributed by atoms with van der Waals surface area (Å²) in [5.74, 6) is 1.39. The van der Waals surface area contributed by atoms with E-state index in [1.807, 2.05) is 22.8 Å². The van der Waals surface area contributed by atoms with Crippen LogP contribution in [0.5, 0.6) is 5.75 Å². The molecule has 2 aromatic rings. The molecule has 1 aromatic carbocycles. The van der Waals surface area contributed by atoms with Gasteiger partial charge in [-0.15, -0.1) is 0 Å². The Kier molecular flexibility index (Phi) is 2.67. The minimum atomic E-state index is -2.96. The summed E-state index contributed by atoms with van der Waals surface area (Å²) in [4.78, 5) is 4.27. The van der Waals surface area contributed by atoms with Crippen LogP contribution in [-0.4, -0.2) is 36.6 Å². The molecule has 1 fully saturated rings. The summed E-state index contributed by atoms with van der Waals surface area (Å²) in [5, 5.41) is 0. The van der Waals surface area contributed by atoms with Gasteiger partial charge in [0.1, 0.15) is 5.75 Å². The molecule has 0 bridgehead atoms. The van der Waals surface area contributed by atoms with Crippen LogP contribution >= 0.6 is 0 Å². The van der Waals surface area contributed by atoms with Gasteiger partial charge in [-0.3, -0.25) is 0 Å². The fourth-order valence-corrected chi connectivity index (χ4v) is 4.28. The third kappa shape index (κ3) is 2.03. The zero-order chi connectivity index (χ0) is 13.6. The largest absolute Gasteiger partial charge is 0.497 e. The third-order valence-electron chi connectivity index (χ3n) is 3.50. The molecule has 0 radical (unpaired) electrons. The first-order valence-corrected chi connectivity index (χ1v) is 7.84. The number of sulfone groups is 1. The number of ether oxygens (including phenoxy) is 1. The van der Waals surface area contributed by atoms with Crippen LogP contribution in [0.3, 0.4) is 0 Å². The van der Waals surface area contributed by atoms with Gasteiger partial charge in [0, 0.05) is 6.07 Å². The summed E-state index contributed by atoms with van der Waals surface area (Å²) in [6, 6.07) is 5.33. The van der Waals surface area contributed by atoms with Crippen molar-refractivity contribution in [1.82, 2.24) is 9.55 Å². The van der Waals surface area contributed by atoms with Crippen LogP contribution in [-0.2, 0) is 9.84 Å². The van der Waals surface area contributed by atoms with E-state index in [0.717, 1.165) is 11.0 Å². The highest BCUT2D eigenvalue weighted by Gasteiger charge is 2.31. The Morgan fingerprint density at radius 2 is 2.26 bits per heavy atom. The van der Waals surface area contributed by atoms with E-state index in [9.17, 15) is 8.42 Å². The Bertz CT molecular complexity index is 736. The lowest BCUT2D eigenvalue weighted by atomic mass is 10.2. The summed E-state index contributed by atoms with van der Waals surface area (Å²) in [6.07, 6.45) is 0.579. The summed E-state index contributed by atoms with van der Waals surface area (Å²) in [6.45, 7) is 0. The van der Waals surface area contributed by atoms with E-state index >= 15 is 0 Å². The second kappa shape index (κ2) is 4.12. The van der Waals surface area contributed by atoms with Crippen molar-refractivity contribution in [2.75, 3.05) is 24.3 Å². The van der Waals surface area contributed by atoms with Gasteiger partial charge >= 0.3 is 0 Å². The molecule has 1 aliphatic heterocycles. The number of hydrogen-bond donors (Lipinski definition) is 1. The summed E-state index contributed by atoms with van der Waals surface area (Å²) >= 11 is 0. The molecule has 102 valence electrons. The molecule has 7 heteroatoms. The van der Waals surface area contributed by atoms with E-state index in [-0.39, 0.29) is 17.5 Å². The van der Waals surface area contributed by atoms with Crippen molar-refractivity contribution >= 4 is 26.8 Å². The van der Waals surface area contributed by atoms with Crippen LogP contribution in [0.1, 0.15) is 12.5 Å². The zero-order valence-corrected chi connectivity index (χ0v) is 11.4. The highest BCUT2D eigenvalue weighted by atomic mass is 32.2.